The molecule has 1 heterocycles. The Bertz CT molecular complexity index is 795. The van der Waals surface area contributed by atoms with Crippen LogP contribution in [0, 0.1) is 0 Å². The molecule has 3 rings (SSSR count). The minimum atomic E-state index is -0.476. The molecule has 0 aromatic heterocycles. The van der Waals surface area contributed by atoms with E-state index >= 15 is 0 Å². The Labute approximate surface area is 145 Å². The van der Waals surface area contributed by atoms with E-state index in [2.05, 4.69) is 0 Å². The van der Waals surface area contributed by atoms with Crippen molar-refractivity contribution in [3.63, 3.8) is 0 Å². The highest BCUT2D eigenvalue weighted by Crippen LogP contribution is 2.23. The van der Waals surface area contributed by atoms with E-state index in [0.29, 0.717) is 28.9 Å². The highest BCUT2D eigenvalue weighted by atomic mass is 16.5. The van der Waals surface area contributed by atoms with Crippen LogP contribution in [0.1, 0.15) is 37.5 Å². The largest absolute Gasteiger partial charge is 0.493 e. The molecule has 0 N–H and O–H groups in total. The first kappa shape index (κ1) is 16.7. The third kappa shape index (κ3) is 3.24. The fourth-order valence-corrected chi connectivity index (χ4v) is 2.72. The number of imide groups is 1. The van der Waals surface area contributed by atoms with Crippen molar-refractivity contribution in [3.8, 4) is 5.75 Å². The van der Waals surface area contributed by atoms with Gasteiger partial charge in [-0.1, -0.05) is 24.3 Å². The third-order valence-electron chi connectivity index (χ3n) is 3.95. The lowest BCUT2D eigenvalue weighted by Gasteiger charge is -2.14. The molecule has 0 spiro atoms. The summed E-state index contributed by atoms with van der Waals surface area (Å²) in [6.07, 6.45) is 0.459. The molecule has 6 nitrogen and oxygen atoms in total. The van der Waals surface area contributed by atoms with Gasteiger partial charge in [-0.15, -0.1) is 0 Å². The Hall–Kier alpha value is -3.15. The highest BCUT2D eigenvalue weighted by molar-refractivity contribution is 6.21. The van der Waals surface area contributed by atoms with Gasteiger partial charge in [0.2, 0.25) is 0 Å². The van der Waals surface area contributed by atoms with Crippen molar-refractivity contribution in [2.75, 3.05) is 20.3 Å². The lowest BCUT2D eigenvalue weighted by atomic mass is 10.1. The van der Waals surface area contributed by atoms with Gasteiger partial charge in [-0.25, -0.2) is 4.79 Å². The van der Waals surface area contributed by atoms with Crippen molar-refractivity contribution in [1.82, 2.24) is 4.90 Å². The molecular weight excluding hydrogens is 322 g/mol. The molecule has 128 valence electrons. The fraction of sp³-hybridized carbons (Fsp3) is 0.211. The van der Waals surface area contributed by atoms with Crippen LogP contribution in [0.2, 0.25) is 0 Å². The Morgan fingerprint density at radius 3 is 2.20 bits per heavy atom. The van der Waals surface area contributed by atoms with Crippen LogP contribution in [0.4, 0.5) is 0 Å². The second-order valence-electron chi connectivity index (χ2n) is 5.50. The number of rotatable bonds is 6. The van der Waals surface area contributed by atoms with E-state index in [9.17, 15) is 14.4 Å². The summed E-state index contributed by atoms with van der Waals surface area (Å²) in [6.45, 7) is 0.522. The number of benzene rings is 2. The molecule has 2 amide bonds. The lowest BCUT2D eigenvalue weighted by molar-refractivity contribution is 0.0595. The molecule has 0 aliphatic carbocycles. The first-order valence-electron chi connectivity index (χ1n) is 7.89. The van der Waals surface area contributed by atoms with Crippen LogP contribution in [0.5, 0.6) is 5.75 Å². The van der Waals surface area contributed by atoms with Crippen LogP contribution in [0.3, 0.4) is 0 Å². The second-order valence-corrected chi connectivity index (χ2v) is 5.50. The normalized spacial score (nSPS) is 12.9. The maximum absolute atomic E-state index is 12.3. The zero-order valence-electron chi connectivity index (χ0n) is 13.7. The molecule has 0 saturated carbocycles. The molecule has 2 aromatic rings. The van der Waals surface area contributed by atoms with Gasteiger partial charge >= 0.3 is 5.97 Å². The molecule has 0 radical (unpaired) electrons. The van der Waals surface area contributed by atoms with Gasteiger partial charge in [0, 0.05) is 6.54 Å². The van der Waals surface area contributed by atoms with E-state index in [1.165, 1.54) is 12.0 Å². The molecule has 25 heavy (non-hydrogen) atoms. The van der Waals surface area contributed by atoms with Gasteiger partial charge in [-0.3, -0.25) is 14.5 Å². The summed E-state index contributed by atoms with van der Waals surface area (Å²) >= 11 is 0. The maximum atomic E-state index is 12.3. The zero-order chi connectivity index (χ0) is 17.8. The number of carbonyl (C=O) groups is 3. The Morgan fingerprint density at radius 1 is 0.960 bits per heavy atom. The Morgan fingerprint density at radius 2 is 1.56 bits per heavy atom. The summed E-state index contributed by atoms with van der Waals surface area (Å²) in [5.74, 6) is -0.626. The molecule has 0 fully saturated rings. The third-order valence-corrected chi connectivity index (χ3v) is 3.95. The lowest BCUT2D eigenvalue weighted by Crippen LogP contribution is -2.31. The van der Waals surface area contributed by atoms with Gasteiger partial charge in [-0.2, -0.15) is 0 Å². The van der Waals surface area contributed by atoms with Gasteiger partial charge in [0.1, 0.15) is 11.3 Å². The highest BCUT2D eigenvalue weighted by Gasteiger charge is 2.34. The molecule has 0 saturated heterocycles. The van der Waals surface area contributed by atoms with Crippen molar-refractivity contribution in [2.45, 2.75) is 6.42 Å². The zero-order valence-corrected chi connectivity index (χ0v) is 13.7. The number of para-hydroxylation sites is 1. The first-order chi connectivity index (χ1) is 12.1. The van der Waals surface area contributed by atoms with Gasteiger partial charge < -0.3 is 9.47 Å². The van der Waals surface area contributed by atoms with Crippen molar-refractivity contribution >= 4 is 17.8 Å². The van der Waals surface area contributed by atoms with Crippen LogP contribution in [-0.2, 0) is 4.74 Å². The molecule has 2 aromatic carbocycles. The molecular formula is C19H17NO5. The molecule has 0 atom stereocenters. The topological polar surface area (TPSA) is 72.9 Å². The molecule has 1 aliphatic heterocycles. The molecule has 1 aliphatic rings. The first-order valence-corrected chi connectivity index (χ1v) is 7.89. The number of fused-ring (bicyclic) bond motifs is 1. The average molecular weight is 339 g/mol. The Kier molecular flexibility index (Phi) is 4.79. The standard InChI is InChI=1S/C19H17NO5/c1-24-19(23)15-9-4-5-10-16(15)25-12-6-11-20-17(21)13-7-2-3-8-14(13)18(20)22/h2-5,7-10H,6,11-12H2,1H3. The van der Waals surface area contributed by atoms with Crippen molar-refractivity contribution in [1.29, 1.82) is 0 Å². The number of ether oxygens (including phenoxy) is 2. The van der Waals surface area contributed by atoms with Gasteiger partial charge in [0.15, 0.2) is 0 Å². The van der Waals surface area contributed by atoms with Crippen LogP contribution >= 0.6 is 0 Å². The van der Waals surface area contributed by atoms with Crippen molar-refractivity contribution < 1.29 is 23.9 Å². The van der Waals surface area contributed by atoms with Crippen LogP contribution in [0.15, 0.2) is 48.5 Å². The van der Waals surface area contributed by atoms with E-state index in [-0.39, 0.29) is 25.0 Å². The summed E-state index contributed by atoms with van der Waals surface area (Å²) in [5, 5.41) is 0. The fourth-order valence-electron chi connectivity index (χ4n) is 2.72. The summed E-state index contributed by atoms with van der Waals surface area (Å²) in [6, 6.07) is 13.5. The van der Waals surface area contributed by atoms with E-state index < -0.39 is 5.97 Å². The summed E-state index contributed by atoms with van der Waals surface area (Å²) in [7, 11) is 1.31. The van der Waals surface area contributed by atoms with Crippen LogP contribution in [0.25, 0.3) is 0 Å². The average Bonchev–Trinajstić information content (AvgIpc) is 2.90. The minimum Gasteiger partial charge on any atom is -0.493 e. The number of hydrogen-bond donors (Lipinski definition) is 0. The van der Waals surface area contributed by atoms with Crippen LogP contribution < -0.4 is 4.74 Å². The molecule has 0 unspecified atom stereocenters. The monoisotopic (exact) mass is 339 g/mol. The summed E-state index contributed by atoms with van der Waals surface area (Å²) in [5.41, 5.74) is 1.21. The number of carbonyl (C=O) groups excluding carboxylic acids is 3. The molecule has 6 heteroatoms. The van der Waals surface area contributed by atoms with Crippen LogP contribution in [-0.4, -0.2) is 42.9 Å². The Balaban J connectivity index is 1.58. The predicted molar refractivity (Wildman–Crippen MR) is 89.7 cm³/mol. The minimum absolute atomic E-state index is 0.257. The van der Waals surface area contributed by atoms with E-state index in [4.69, 9.17) is 9.47 Å². The number of hydrogen-bond acceptors (Lipinski definition) is 5. The smallest absolute Gasteiger partial charge is 0.341 e. The van der Waals surface area contributed by atoms with Gasteiger partial charge in [0.25, 0.3) is 11.8 Å². The van der Waals surface area contributed by atoms with E-state index in [0.717, 1.165) is 0 Å². The van der Waals surface area contributed by atoms with Gasteiger partial charge in [0.05, 0.1) is 24.8 Å². The predicted octanol–water partition coefficient (Wildman–Crippen LogP) is 2.54. The number of esters is 1. The maximum Gasteiger partial charge on any atom is 0.341 e. The summed E-state index contributed by atoms with van der Waals surface area (Å²) < 4.78 is 10.3. The number of amides is 2. The molecule has 0 bridgehead atoms. The van der Waals surface area contributed by atoms with Gasteiger partial charge in [-0.05, 0) is 30.7 Å². The summed E-state index contributed by atoms with van der Waals surface area (Å²) in [4.78, 5) is 37.4. The number of methoxy groups -OCH3 is 1. The number of nitrogens with zero attached hydrogens (tertiary/aromatic N) is 1. The van der Waals surface area contributed by atoms with Crippen molar-refractivity contribution in [3.05, 3.63) is 65.2 Å². The van der Waals surface area contributed by atoms with E-state index in [1.54, 1.807) is 48.5 Å². The SMILES string of the molecule is COC(=O)c1ccccc1OCCCN1C(=O)c2ccccc2C1=O. The second kappa shape index (κ2) is 7.17. The van der Waals surface area contributed by atoms with Crippen molar-refractivity contribution in [2.24, 2.45) is 0 Å². The van der Waals surface area contributed by atoms with E-state index in [1.807, 2.05) is 0 Å². The quantitative estimate of drug-likeness (QED) is 0.459.